The lowest BCUT2D eigenvalue weighted by atomic mass is 10.1. The number of hydrogen-bond donors (Lipinski definition) is 1. The van der Waals surface area contributed by atoms with Gasteiger partial charge in [-0.25, -0.2) is 8.42 Å². The van der Waals surface area contributed by atoms with Crippen molar-refractivity contribution in [3.05, 3.63) is 54.4 Å². The van der Waals surface area contributed by atoms with Gasteiger partial charge in [0, 0.05) is 42.1 Å². The molecule has 0 saturated heterocycles. The minimum atomic E-state index is -3.40. The molecule has 2 aliphatic rings. The van der Waals surface area contributed by atoms with Crippen LogP contribution in [0.2, 0.25) is 0 Å². The van der Waals surface area contributed by atoms with E-state index in [1.807, 2.05) is 30.5 Å². The van der Waals surface area contributed by atoms with Crippen molar-refractivity contribution in [1.82, 2.24) is 9.47 Å². The van der Waals surface area contributed by atoms with Gasteiger partial charge in [0.1, 0.15) is 5.84 Å². The van der Waals surface area contributed by atoms with Gasteiger partial charge < -0.3 is 14.8 Å². The highest BCUT2D eigenvalue weighted by atomic mass is 32.2. The number of benzene rings is 1. The molecule has 0 fully saturated rings. The number of amides is 1. The van der Waals surface area contributed by atoms with Crippen molar-refractivity contribution in [2.24, 2.45) is 4.40 Å². The van der Waals surface area contributed by atoms with Gasteiger partial charge in [-0.15, -0.1) is 4.40 Å². The highest BCUT2D eigenvalue weighted by Gasteiger charge is 2.25. The number of fused-ring (bicyclic) bond motifs is 2. The Morgan fingerprint density at radius 2 is 2.12 bits per heavy atom. The molecule has 3 heterocycles. The molecule has 0 spiro atoms. The third kappa shape index (κ3) is 3.03. The summed E-state index contributed by atoms with van der Waals surface area (Å²) in [6.45, 7) is 3.27. The summed E-state index contributed by atoms with van der Waals surface area (Å²) in [5.41, 5.74) is 2.29. The van der Waals surface area contributed by atoms with Gasteiger partial charge in [0.25, 0.3) is 15.9 Å². The number of anilines is 1. The predicted molar refractivity (Wildman–Crippen MR) is 101 cm³/mol. The fourth-order valence-corrected chi connectivity index (χ4v) is 4.06. The first-order valence-corrected chi connectivity index (χ1v) is 9.95. The van der Waals surface area contributed by atoms with E-state index in [4.69, 9.17) is 0 Å². The summed E-state index contributed by atoms with van der Waals surface area (Å²) >= 11 is 0. The molecule has 1 amide bonds. The van der Waals surface area contributed by atoms with Gasteiger partial charge in [-0.05, 0) is 43.3 Å². The summed E-state index contributed by atoms with van der Waals surface area (Å²) in [5, 5.41) is 3.95. The second-order valence-electron chi connectivity index (χ2n) is 6.18. The average molecular weight is 370 g/mol. The van der Waals surface area contributed by atoms with Crippen molar-refractivity contribution in [3.63, 3.8) is 0 Å². The molecule has 0 radical (unpaired) electrons. The summed E-state index contributed by atoms with van der Waals surface area (Å²) in [4.78, 5) is 14.2. The number of nitrogens with one attached hydrogen (secondary N) is 1. The van der Waals surface area contributed by atoms with Crippen molar-refractivity contribution < 1.29 is 13.2 Å². The maximum absolute atomic E-state index is 12.5. The summed E-state index contributed by atoms with van der Waals surface area (Å²) in [6.07, 6.45) is 6.79. The molecule has 1 aromatic heterocycles. The van der Waals surface area contributed by atoms with Crippen LogP contribution in [0.5, 0.6) is 0 Å². The highest BCUT2D eigenvalue weighted by Crippen LogP contribution is 2.22. The lowest BCUT2D eigenvalue weighted by molar-refractivity contribution is -0.112. The standard InChI is InChI=1S/C18H18N4O3S/c1-2-21-8-7-13-11-15(4-5-16(13)21)19-18(23)14-3-6-17-20-26(24,25)10-9-22(17)12-14/h3-8,11-12H,2,9-10H2,1H3,(H,19,23). The first-order chi connectivity index (χ1) is 12.4. The number of carbonyl (C=O) groups is 1. The molecule has 26 heavy (non-hydrogen) atoms. The Kier molecular flexibility index (Phi) is 3.91. The monoisotopic (exact) mass is 370 g/mol. The van der Waals surface area contributed by atoms with Crippen LogP contribution in [0.1, 0.15) is 6.92 Å². The number of aromatic nitrogens is 1. The van der Waals surface area contributed by atoms with Crippen molar-refractivity contribution in [1.29, 1.82) is 0 Å². The molecule has 8 heteroatoms. The van der Waals surface area contributed by atoms with Crippen molar-refractivity contribution in [2.75, 3.05) is 17.6 Å². The molecule has 2 aromatic rings. The number of hydrogen-bond acceptors (Lipinski definition) is 4. The van der Waals surface area contributed by atoms with Crippen LogP contribution in [0.25, 0.3) is 10.9 Å². The van der Waals surface area contributed by atoms with Crippen LogP contribution in [-0.2, 0) is 21.4 Å². The van der Waals surface area contributed by atoms with Crippen LogP contribution in [-0.4, -0.2) is 41.9 Å². The summed E-state index contributed by atoms with van der Waals surface area (Å²) in [6, 6.07) is 7.82. The topological polar surface area (TPSA) is 83.8 Å². The Morgan fingerprint density at radius 1 is 1.27 bits per heavy atom. The van der Waals surface area contributed by atoms with E-state index >= 15 is 0 Å². The average Bonchev–Trinajstić information content (AvgIpc) is 3.02. The SMILES string of the molecule is CCn1ccc2cc(NC(=O)C3=CN4CCS(=O)(=O)N=C4C=C3)ccc21. The first-order valence-electron chi connectivity index (χ1n) is 8.34. The van der Waals surface area contributed by atoms with Crippen LogP contribution in [0.3, 0.4) is 0 Å². The molecule has 1 aromatic carbocycles. The predicted octanol–water partition coefficient (Wildman–Crippen LogP) is 2.10. The van der Waals surface area contributed by atoms with E-state index in [0.717, 1.165) is 17.4 Å². The maximum Gasteiger partial charge on any atom is 0.257 e. The summed E-state index contributed by atoms with van der Waals surface area (Å²) in [7, 11) is -3.40. The van der Waals surface area contributed by atoms with Gasteiger partial charge in [-0.1, -0.05) is 0 Å². The summed E-state index contributed by atoms with van der Waals surface area (Å²) in [5.74, 6) is 0.0408. The normalized spacial score (nSPS) is 18.3. The van der Waals surface area contributed by atoms with Gasteiger partial charge >= 0.3 is 0 Å². The zero-order valence-electron chi connectivity index (χ0n) is 14.2. The Balaban J connectivity index is 1.54. The van der Waals surface area contributed by atoms with Gasteiger partial charge in [0.05, 0.1) is 11.3 Å². The van der Waals surface area contributed by atoms with Crippen LogP contribution >= 0.6 is 0 Å². The van der Waals surface area contributed by atoms with E-state index in [1.54, 1.807) is 23.3 Å². The number of carbonyl (C=O) groups excluding carboxylic acids is 1. The largest absolute Gasteiger partial charge is 0.348 e. The third-order valence-corrected chi connectivity index (χ3v) is 5.62. The molecular weight excluding hydrogens is 352 g/mol. The van der Waals surface area contributed by atoms with Crippen molar-refractivity contribution in [2.45, 2.75) is 13.5 Å². The van der Waals surface area contributed by atoms with Crippen LogP contribution < -0.4 is 5.32 Å². The fraction of sp³-hybridized carbons (Fsp3) is 0.222. The number of sulfonamides is 1. The molecule has 0 saturated carbocycles. The van der Waals surface area contributed by atoms with E-state index in [1.165, 1.54) is 0 Å². The van der Waals surface area contributed by atoms with Crippen molar-refractivity contribution >= 4 is 38.4 Å². The highest BCUT2D eigenvalue weighted by molar-refractivity contribution is 7.90. The molecule has 2 aliphatic heterocycles. The molecule has 7 nitrogen and oxygen atoms in total. The Labute approximate surface area is 151 Å². The minimum absolute atomic E-state index is 0.0547. The van der Waals surface area contributed by atoms with Gasteiger partial charge in [-0.2, -0.15) is 0 Å². The quantitative estimate of drug-likeness (QED) is 0.897. The minimum Gasteiger partial charge on any atom is -0.348 e. The first kappa shape index (κ1) is 16.6. The Morgan fingerprint density at radius 3 is 2.92 bits per heavy atom. The second-order valence-corrected chi connectivity index (χ2v) is 7.93. The molecule has 0 bridgehead atoms. The van der Waals surface area contributed by atoms with Crippen LogP contribution in [0, 0.1) is 0 Å². The number of aryl methyl sites for hydroxylation is 1. The Bertz CT molecular complexity index is 1090. The summed E-state index contributed by atoms with van der Waals surface area (Å²) < 4.78 is 28.9. The molecule has 0 aliphatic carbocycles. The number of nitrogens with zero attached hydrogens (tertiary/aromatic N) is 3. The molecule has 1 N–H and O–H groups in total. The number of rotatable bonds is 3. The molecule has 4 rings (SSSR count). The van der Waals surface area contributed by atoms with E-state index < -0.39 is 10.0 Å². The van der Waals surface area contributed by atoms with Gasteiger partial charge in [-0.3, -0.25) is 4.79 Å². The van der Waals surface area contributed by atoms with Gasteiger partial charge in [0.15, 0.2) is 0 Å². The zero-order valence-corrected chi connectivity index (χ0v) is 15.0. The van der Waals surface area contributed by atoms with Gasteiger partial charge in [0.2, 0.25) is 0 Å². The van der Waals surface area contributed by atoms with Crippen LogP contribution in [0.15, 0.2) is 58.8 Å². The van der Waals surface area contributed by atoms with E-state index in [9.17, 15) is 13.2 Å². The zero-order chi connectivity index (χ0) is 18.3. The van der Waals surface area contributed by atoms with E-state index in [0.29, 0.717) is 23.6 Å². The third-order valence-electron chi connectivity index (χ3n) is 4.46. The number of amidine groups is 1. The second kappa shape index (κ2) is 6.14. The smallest absolute Gasteiger partial charge is 0.257 e. The van der Waals surface area contributed by atoms with E-state index in [2.05, 4.69) is 21.2 Å². The Hall–Kier alpha value is -2.87. The van der Waals surface area contributed by atoms with Crippen molar-refractivity contribution in [3.8, 4) is 0 Å². The molecule has 0 unspecified atom stereocenters. The molecule has 134 valence electrons. The van der Waals surface area contributed by atoms with Crippen LogP contribution in [0.4, 0.5) is 5.69 Å². The fourth-order valence-electron chi connectivity index (χ4n) is 3.09. The lowest BCUT2D eigenvalue weighted by Crippen LogP contribution is -2.37. The maximum atomic E-state index is 12.5. The molecular formula is C18H18N4O3S. The van der Waals surface area contributed by atoms with E-state index in [-0.39, 0.29) is 11.7 Å². The molecule has 0 atom stereocenters. The lowest BCUT2D eigenvalue weighted by Gasteiger charge is -2.26.